The van der Waals surface area contributed by atoms with Gasteiger partial charge in [-0.3, -0.25) is 9.69 Å². The van der Waals surface area contributed by atoms with Gasteiger partial charge in [0, 0.05) is 31.8 Å². The van der Waals surface area contributed by atoms with E-state index in [4.69, 9.17) is 9.47 Å². The van der Waals surface area contributed by atoms with Crippen molar-refractivity contribution in [3.8, 4) is 0 Å². The van der Waals surface area contributed by atoms with Crippen molar-refractivity contribution in [2.45, 2.75) is 59.7 Å². The minimum atomic E-state index is -1.08. The van der Waals surface area contributed by atoms with Crippen LogP contribution in [0.5, 0.6) is 0 Å². The van der Waals surface area contributed by atoms with Gasteiger partial charge in [0.25, 0.3) is 0 Å². The van der Waals surface area contributed by atoms with Crippen molar-refractivity contribution in [3.63, 3.8) is 0 Å². The molecule has 7 heteroatoms. The fourth-order valence-electron chi connectivity index (χ4n) is 4.00. The molecule has 1 aromatic rings. The Hall–Kier alpha value is -3.06. The predicted molar refractivity (Wildman–Crippen MR) is 131 cm³/mol. The number of carbonyl (C=O) groups is 2. The van der Waals surface area contributed by atoms with Crippen LogP contribution in [0, 0.1) is 5.41 Å². The summed E-state index contributed by atoms with van der Waals surface area (Å²) >= 11 is 0. The summed E-state index contributed by atoms with van der Waals surface area (Å²) in [6.45, 7) is 9.69. The molecule has 0 spiro atoms. The Labute approximate surface area is 202 Å². The minimum Gasteiger partial charge on any atom is -0.489 e. The van der Waals surface area contributed by atoms with Crippen LogP contribution in [0.4, 0.5) is 4.79 Å². The Balaban J connectivity index is 2.02. The molecule has 0 fully saturated rings. The molecule has 1 unspecified atom stereocenters. The van der Waals surface area contributed by atoms with Crippen LogP contribution in [-0.2, 0) is 20.9 Å². The standard InChI is InChI=1S/C27H36N2O5/c1-6-7-13-33-24-21-15-23(34-17-19-11-9-8-10-12-19)22(30)14-20(21)16-29(18-27(2,3)4)25(24)28(5)26(31)32/h8-12,15-16,23H,6-7,13-14,17-18H2,1-5H3,(H,31,32). The average molecular weight is 469 g/mol. The molecular formula is C27H36N2O5. The molecule has 1 N–H and O–H groups in total. The predicted octanol–water partition coefficient (Wildman–Crippen LogP) is 5.31. The van der Waals surface area contributed by atoms with E-state index in [0.717, 1.165) is 29.6 Å². The Morgan fingerprint density at radius 1 is 1.24 bits per heavy atom. The first-order valence-corrected chi connectivity index (χ1v) is 11.8. The van der Waals surface area contributed by atoms with E-state index < -0.39 is 12.2 Å². The number of unbranched alkanes of at least 4 members (excludes halogenated alkanes) is 1. The fourth-order valence-corrected chi connectivity index (χ4v) is 4.00. The first kappa shape index (κ1) is 25.6. The number of benzene rings is 1. The van der Waals surface area contributed by atoms with Crippen molar-refractivity contribution in [2.24, 2.45) is 5.41 Å². The number of ketones is 1. The van der Waals surface area contributed by atoms with Gasteiger partial charge in [0.05, 0.1) is 13.2 Å². The van der Waals surface area contributed by atoms with E-state index in [1.54, 1.807) is 6.08 Å². The number of allylic oxidation sites excluding steroid dienone is 1. The van der Waals surface area contributed by atoms with Crippen LogP contribution < -0.4 is 0 Å². The summed E-state index contributed by atoms with van der Waals surface area (Å²) in [5.74, 6) is 0.926. The zero-order valence-corrected chi connectivity index (χ0v) is 20.8. The van der Waals surface area contributed by atoms with Gasteiger partial charge in [0.2, 0.25) is 0 Å². The Morgan fingerprint density at radius 2 is 1.94 bits per heavy atom. The Kier molecular flexibility index (Phi) is 8.20. The Bertz CT molecular complexity index is 988. The van der Waals surface area contributed by atoms with Gasteiger partial charge < -0.3 is 19.5 Å². The molecule has 0 radical (unpaired) electrons. The highest BCUT2D eigenvalue weighted by molar-refractivity contribution is 5.91. The topological polar surface area (TPSA) is 79.3 Å². The molecule has 0 bridgehead atoms. The third kappa shape index (κ3) is 6.29. The molecule has 0 saturated heterocycles. The number of nitrogens with zero attached hydrogens (tertiary/aromatic N) is 2. The van der Waals surface area contributed by atoms with Gasteiger partial charge in [0.15, 0.2) is 17.4 Å². The maximum absolute atomic E-state index is 13.0. The highest BCUT2D eigenvalue weighted by atomic mass is 16.5. The molecule has 1 heterocycles. The molecule has 1 aromatic carbocycles. The SMILES string of the molecule is CCCCOC1=C(N(C)C(=O)O)N(CC(C)(C)C)C=C2CC(=O)C(OCc3ccccc3)C=C21. The van der Waals surface area contributed by atoms with Gasteiger partial charge in [-0.2, -0.15) is 0 Å². The van der Waals surface area contributed by atoms with Gasteiger partial charge in [-0.1, -0.05) is 64.4 Å². The van der Waals surface area contributed by atoms with Crippen LogP contribution in [0.1, 0.15) is 52.5 Å². The lowest BCUT2D eigenvalue weighted by atomic mass is 9.87. The molecule has 0 aromatic heterocycles. The third-order valence-corrected chi connectivity index (χ3v) is 5.64. The normalized spacial score (nSPS) is 18.3. The molecule has 184 valence electrons. The summed E-state index contributed by atoms with van der Waals surface area (Å²) in [6, 6.07) is 9.71. The van der Waals surface area contributed by atoms with Crippen molar-refractivity contribution in [2.75, 3.05) is 20.2 Å². The van der Waals surface area contributed by atoms with Gasteiger partial charge in [-0.05, 0) is 29.0 Å². The van der Waals surface area contributed by atoms with E-state index in [0.29, 0.717) is 31.3 Å². The number of ether oxygens (including phenoxy) is 2. The number of fused-ring (bicyclic) bond motifs is 1. The number of carboxylic acid groups (broad SMARTS) is 1. The number of Topliss-reactive ketones (excluding diaryl/α,β-unsaturated/α-hetero) is 1. The number of hydrogen-bond donors (Lipinski definition) is 1. The van der Waals surface area contributed by atoms with Crippen LogP contribution in [0.15, 0.2) is 65.3 Å². The molecule has 34 heavy (non-hydrogen) atoms. The minimum absolute atomic E-state index is 0.0235. The molecule has 1 atom stereocenters. The van der Waals surface area contributed by atoms with Crippen molar-refractivity contribution >= 4 is 11.9 Å². The molecule has 1 amide bonds. The monoisotopic (exact) mass is 468 g/mol. The van der Waals surface area contributed by atoms with Gasteiger partial charge >= 0.3 is 6.09 Å². The fraction of sp³-hybridized carbons (Fsp3) is 0.481. The number of hydrogen-bond acceptors (Lipinski definition) is 5. The molecule has 0 saturated carbocycles. The van der Waals surface area contributed by atoms with Crippen molar-refractivity contribution < 1.29 is 24.2 Å². The van der Waals surface area contributed by atoms with E-state index in [2.05, 4.69) is 27.7 Å². The van der Waals surface area contributed by atoms with Crippen molar-refractivity contribution in [3.05, 3.63) is 70.9 Å². The summed E-state index contributed by atoms with van der Waals surface area (Å²) < 4.78 is 12.2. The second-order valence-corrected chi connectivity index (χ2v) is 9.98. The van der Waals surface area contributed by atoms with Crippen LogP contribution in [0.25, 0.3) is 0 Å². The molecule has 1 aliphatic heterocycles. The second kappa shape index (κ2) is 10.9. The summed E-state index contributed by atoms with van der Waals surface area (Å²) in [5, 5.41) is 9.83. The van der Waals surface area contributed by atoms with E-state index in [1.807, 2.05) is 41.4 Å². The van der Waals surface area contributed by atoms with Crippen LogP contribution in [0.2, 0.25) is 0 Å². The molecule has 3 rings (SSSR count). The first-order chi connectivity index (χ1) is 16.1. The number of carbonyl (C=O) groups excluding carboxylic acids is 1. The largest absolute Gasteiger partial charge is 0.489 e. The summed E-state index contributed by atoms with van der Waals surface area (Å²) in [6.07, 6.45) is 3.87. The third-order valence-electron chi connectivity index (χ3n) is 5.64. The van der Waals surface area contributed by atoms with Crippen LogP contribution in [-0.4, -0.2) is 53.1 Å². The lowest BCUT2D eigenvalue weighted by molar-refractivity contribution is -0.128. The average Bonchev–Trinajstić information content (AvgIpc) is 2.77. The quantitative estimate of drug-likeness (QED) is 0.495. The van der Waals surface area contributed by atoms with E-state index in [-0.39, 0.29) is 17.6 Å². The molecule has 7 nitrogen and oxygen atoms in total. The lowest BCUT2D eigenvalue weighted by Gasteiger charge is -2.40. The highest BCUT2D eigenvalue weighted by Crippen LogP contribution is 2.39. The zero-order valence-electron chi connectivity index (χ0n) is 20.8. The molecule has 2 aliphatic rings. The molecule has 1 aliphatic carbocycles. The number of rotatable bonds is 9. The lowest BCUT2D eigenvalue weighted by Crippen LogP contribution is -2.42. The van der Waals surface area contributed by atoms with Crippen molar-refractivity contribution in [1.82, 2.24) is 9.80 Å². The van der Waals surface area contributed by atoms with E-state index >= 15 is 0 Å². The van der Waals surface area contributed by atoms with Crippen LogP contribution >= 0.6 is 0 Å². The molecular weight excluding hydrogens is 432 g/mol. The maximum Gasteiger partial charge on any atom is 0.412 e. The van der Waals surface area contributed by atoms with E-state index in [9.17, 15) is 14.7 Å². The second-order valence-electron chi connectivity index (χ2n) is 9.98. The summed E-state index contributed by atoms with van der Waals surface area (Å²) in [5.41, 5.74) is 2.43. The maximum atomic E-state index is 13.0. The summed E-state index contributed by atoms with van der Waals surface area (Å²) in [7, 11) is 1.52. The first-order valence-electron chi connectivity index (χ1n) is 11.8. The summed E-state index contributed by atoms with van der Waals surface area (Å²) in [4.78, 5) is 28.1. The Morgan fingerprint density at radius 3 is 2.56 bits per heavy atom. The smallest absolute Gasteiger partial charge is 0.412 e. The van der Waals surface area contributed by atoms with Gasteiger partial charge in [-0.15, -0.1) is 0 Å². The van der Waals surface area contributed by atoms with Gasteiger partial charge in [-0.25, -0.2) is 4.79 Å². The highest BCUT2D eigenvalue weighted by Gasteiger charge is 2.37. The number of amides is 1. The van der Waals surface area contributed by atoms with Gasteiger partial charge in [0.1, 0.15) is 6.10 Å². The van der Waals surface area contributed by atoms with Crippen molar-refractivity contribution in [1.29, 1.82) is 0 Å². The van der Waals surface area contributed by atoms with Crippen LogP contribution in [0.3, 0.4) is 0 Å². The van der Waals surface area contributed by atoms with E-state index in [1.165, 1.54) is 11.9 Å². The zero-order chi connectivity index (χ0) is 24.9.